The van der Waals surface area contributed by atoms with Crippen molar-refractivity contribution in [1.29, 1.82) is 0 Å². The molecule has 2 atom stereocenters. The first kappa shape index (κ1) is 13.0. The van der Waals surface area contributed by atoms with Crippen molar-refractivity contribution in [3.05, 3.63) is 23.0 Å². The van der Waals surface area contributed by atoms with E-state index >= 15 is 0 Å². The molecule has 2 fully saturated rings. The van der Waals surface area contributed by atoms with Crippen LogP contribution in [0, 0.1) is 0 Å². The van der Waals surface area contributed by atoms with Crippen molar-refractivity contribution in [1.82, 2.24) is 14.8 Å². The third-order valence-electron chi connectivity index (χ3n) is 4.46. The van der Waals surface area contributed by atoms with Gasteiger partial charge in [-0.25, -0.2) is 0 Å². The fourth-order valence-corrected chi connectivity index (χ4v) is 3.68. The first-order valence-corrected chi connectivity index (χ1v) is 7.40. The van der Waals surface area contributed by atoms with Gasteiger partial charge in [-0.15, -0.1) is 0 Å². The summed E-state index contributed by atoms with van der Waals surface area (Å²) in [7, 11) is 2.17. The molecule has 3 rings (SSSR count). The molecule has 0 aromatic carbocycles. The lowest BCUT2D eigenvalue weighted by atomic mass is 10.0. The van der Waals surface area contributed by atoms with E-state index < -0.39 is 0 Å². The third-order valence-corrected chi connectivity index (χ3v) is 4.68. The molecule has 0 aliphatic carbocycles. The lowest BCUT2D eigenvalue weighted by molar-refractivity contribution is 0.0659. The summed E-state index contributed by atoms with van der Waals surface area (Å²) in [5.41, 5.74) is 0.609. The third kappa shape index (κ3) is 2.39. The fourth-order valence-electron chi connectivity index (χ4n) is 3.51. The molecule has 104 valence electrons. The second kappa shape index (κ2) is 5.17. The number of H-pyrrole nitrogens is 1. The Kier molecular flexibility index (Phi) is 3.54. The molecule has 0 spiro atoms. The number of likely N-dealkylation sites (N-methyl/N-ethyl adjacent to an activating group) is 1. The van der Waals surface area contributed by atoms with E-state index in [2.05, 4.69) is 16.9 Å². The van der Waals surface area contributed by atoms with Crippen molar-refractivity contribution < 1.29 is 4.79 Å². The second-order valence-electron chi connectivity index (χ2n) is 5.63. The molecule has 3 heterocycles. The molecule has 2 aliphatic heterocycles. The van der Waals surface area contributed by atoms with E-state index in [4.69, 9.17) is 11.6 Å². The Morgan fingerprint density at radius 2 is 2.05 bits per heavy atom. The zero-order valence-corrected chi connectivity index (χ0v) is 12.0. The molecule has 5 heteroatoms. The first-order valence-electron chi connectivity index (χ1n) is 7.02. The highest BCUT2D eigenvalue weighted by molar-refractivity contribution is 6.30. The summed E-state index contributed by atoms with van der Waals surface area (Å²) >= 11 is 5.89. The molecule has 0 saturated carbocycles. The zero-order chi connectivity index (χ0) is 13.4. The summed E-state index contributed by atoms with van der Waals surface area (Å²) in [5.74, 6) is 0.0923. The highest BCUT2D eigenvalue weighted by Crippen LogP contribution is 2.30. The Morgan fingerprint density at radius 1 is 1.32 bits per heavy atom. The maximum atomic E-state index is 12.6. The molecular weight excluding hydrogens is 262 g/mol. The maximum absolute atomic E-state index is 12.6. The molecular formula is C14H20ClN3O. The molecule has 1 N–H and O–H groups in total. The smallest absolute Gasteiger partial charge is 0.270 e. The van der Waals surface area contributed by atoms with E-state index in [-0.39, 0.29) is 5.91 Å². The number of hydrogen-bond acceptors (Lipinski definition) is 2. The summed E-state index contributed by atoms with van der Waals surface area (Å²) in [4.78, 5) is 20.0. The molecule has 4 nitrogen and oxygen atoms in total. The van der Waals surface area contributed by atoms with Gasteiger partial charge in [-0.2, -0.15) is 0 Å². The van der Waals surface area contributed by atoms with Crippen LogP contribution in [0.25, 0.3) is 0 Å². The van der Waals surface area contributed by atoms with Gasteiger partial charge in [-0.1, -0.05) is 11.6 Å². The minimum absolute atomic E-state index is 0.0923. The lowest BCUT2D eigenvalue weighted by Gasteiger charge is -2.33. The van der Waals surface area contributed by atoms with Gasteiger partial charge in [0.2, 0.25) is 0 Å². The van der Waals surface area contributed by atoms with Gasteiger partial charge in [0.25, 0.3) is 5.91 Å². The van der Waals surface area contributed by atoms with Gasteiger partial charge in [0, 0.05) is 24.8 Å². The van der Waals surface area contributed by atoms with Crippen molar-refractivity contribution in [2.45, 2.75) is 37.8 Å². The first-order chi connectivity index (χ1) is 9.16. The van der Waals surface area contributed by atoms with Gasteiger partial charge in [0.05, 0.1) is 5.02 Å². The van der Waals surface area contributed by atoms with E-state index in [0.717, 1.165) is 25.9 Å². The molecule has 2 aliphatic rings. The predicted molar refractivity (Wildman–Crippen MR) is 75.5 cm³/mol. The van der Waals surface area contributed by atoms with Crippen LogP contribution in [0.4, 0.5) is 0 Å². The van der Waals surface area contributed by atoms with Crippen molar-refractivity contribution >= 4 is 17.5 Å². The Labute approximate surface area is 118 Å². The van der Waals surface area contributed by atoms with Crippen LogP contribution in [0.15, 0.2) is 12.3 Å². The Morgan fingerprint density at radius 3 is 2.68 bits per heavy atom. The van der Waals surface area contributed by atoms with Crippen LogP contribution in [0.2, 0.25) is 5.02 Å². The SMILES string of the molecule is CN1CCC[C@H]1[C@@H]1CCCN1C(=O)c1cc(Cl)c[nH]1. The second-order valence-corrected chi connectivity index (χ2v) is 6.07. The number of likely N-dealkylation sites (tertiary alicyclic amines) is 2. The molecule has 1 aromatic rings. The normalized spacial score (nSPS) is 28.2. The Hall–Kier alpha value is -1.00. The highest BCUT2D eigenvalue weighted by atomic mass is 35.5. The van der Waals surface area contributed by atoms with E-state index in [1.807, 2.05) is 4.90 Å². The number of rotatable bonds is 2. The minimum atomic E-state index is 0.0923. The summed E-state index contributed by atoms with van der Waals surface area (Å²) in [6.07, 6.45) is 6.34. The standard InChI is InChI=1S/C14H20ClN3O/c1-17-6-2-4-12(17)13-5-3-7-18(13)14(19)11-8-10(15)9-16-11/h8-9,12-13,16H,2-7H2,1H3/t12-,13-/m0/s1. The van der Waals surface area contributed by atoms with Crippen LogP contribution < -0.4 is 0 Å². The molecule has 0 unspecified atom stereocenters. The van der Waals surface area contributed by atoms with Crippen molar-refractivity contribution in [3.8, 4) is 0 Å². The number of nitrogens with zero attached hydrogens (tertiary/aromatic N) is 2. The van der Waals surface area contributed by atoms with E-state index in [0.29, 0.717) is 22.8 Å². The monoisotopic (exact) mass is 281 g/mol. The molecule has 0 bridgehead atoms. The van der Waals surface area contributed by atoms with Crippen LogP contribution in [0.3, 0.4) is 0 Å². The highest BCUT2D eigenvalue weighted by Gasteiger charge is 2.38. The molecule has 2 saturated heterocycles. The average molecular weight is 282 g/mol. The fraction of sp³-hybridized carbons (Fsp3) is 0.643. The Balaban J connectivity index is 1.77. The van der Waals surface area contributed by atoms with Crippen LogP contribution in [0.1, 0.15) is 36.2 Å². The number of carbonyl (C=O) groups excluding carboxylic acids is 1. The number of halogens is 1. The summed E-state index contributed by atoms with van der Waals surface area (Å²) in [6.45, 7) is 2.02. The summed E-state index contributed by atoms with van der Waals surface area (Å²) in [5, 5.41) is 0.595. The average Bonchev–Trinajstić information content (AvgIpc) is 3.07. The number of nitrogens with one attached hydrogen (secondary N) is 1. The summed E-state index contributed by atoms with van der Waals surface area (Å²) in [6, 6.07) is 2.61. The maximum Gasteiger partial charge on any atom is 0.270 e. The van der Waals surface area contributed by atoms with E-state index in [9.17, 15) is 4.79 Å². The van der Waals surface area contributed by atoms with E-state index in [1.54, 1.807) is 12.3 Å². The number of hydrogen-bond donors (Lipinski definition) is 1. The lowest BCUT2D eigenvalue weighted by Crippen LogP contribution is -2.47. The minimum Gasteiger partial charge on any atom is -0.356 e. The van der Waals surface area contributed by atoms with Crippen LogP contribution >= 0.6 is 11.6 Å². The zero-order valence-electron chi connectivity index (χ0n) is 11.2. The van der Waals surface area contributed by atoms with Gasteiger partial charge in [0.1, 0.15) is 5.69 Å². The number of amides is 1. The van der Waals surface area contributed by atoms with Gasteiger partial charge >= 0.3 is 0 Å². The van der Waals surface area contributed by atoms with Gasteiger partial charge in [-0.3, -0.25) is 4.79 Å². The predicted octanol–water partition coefficient (Wildman–Crippen LogP) is 2.37. The topological polar surface area (TPSA) is 39.3 Å². The van der Waals surface area contributed by atoms with E-state index in [1.165, 1.54) is 12.8 Å². The van der Waals surface area contributed by atoms with Crippen LogP contribution in [-0.4, -0.2) is 52.9 Å². The molecule has 1 aromatic heterocycles. The largest absolute Gasteiger partial charge is 0.356 e. The quantitative estimate of drug-likeness (QED) is 0.904. The van der Waals surface area contributed by atoms with Crippen molar-refractivity contribution in [2.75, 3.05) is 20.1 Å². The van der Waals surface area contributed by atoms with Crippen LogP contribution in [0.5, 0.6) is 0 Å². The number of aromatic amines is 1. The van der Waals surface area contributed by atoms with Gasteiger partial charge in [0.15, 0.2) is 0 Å². The molecule has 1 amide bonds. The van der Waals surface area contributed by atoms with Crippen molar-refractivity contribution in [2.24, 2.45) is 0 Å². The van der Waals surface area contributed by atoms with Gasteiger partial charge in [-0.05, 0) is 45.3 Å². The van der Waals surface area contributed by atoms with Crippen molar-refractivity contribution in [3.63, 3.8) is 0 Å². The Bertz CT molecular complexity index is 473. The molecule has 0 radical (unpaired) electrons. The van der Waals surface area contributed by atoms with Gasteiger partial charge < -0.3 is 14.8 Å². The number of aromatic nitrogens is 1. The van der Waals surface area contributed by atoms with Crippen LogP contribution in [-0.2, 0) is 0 Å². The number of carbonyl (C=O) groups is 1. The molecule has 19 heavy (non-hydrogen) atoms. The summed E-state index contributed by atoms with van der Waals surface area (Å²) < 4.78 is 0.